The van der Waals surface area contributed by atoms with E-state index in [1.54, 1.807) is 0 Å². The molecular formula is C20H18F5N3O5. The van der Waals surface area contributed by atoms with Gasteiger partial charge in [-0.2, -0.15) is 22.3 Å². The smallest absolute Gasteiger partial charge is 0.417 e. The number of nitrogens with one attached hydrogen (secondary N) is 1. The van der Waals surface area contributed by atoms with Gasteiger partial charge in [0.2, 0.25) is 5.82 Å². The summed E-state index contributed by atoms with van der Waals surface area (Å²) in [5.74, 6) is -6.94. The highest BCUT2D eigenvalue weighted by Crippen LogP contribution is 2.51. The molecule has 1 aromatic carbocycles. The van der Waals surface area contributed by atoms with Crippen LogP contribution in [0.25, 0.3) is 0 Å². The van der Waals surface area contributed by atoms with Gasteiger partial charge in [0, 0.05) is 23.6 Å². The fourth-order valence-electron chi connectivity index (χ4n) is 3.63. The van der Waals surface area contributed by atoms with Crippen LogP contribution in [0.1, 0.15) is 35.3 Å². The number of nitrogens with two attached hydrogens (primary N) is 1. The number of rotatable bonds is 5. The third-order valence-corrected chi connectivity index (χ3v) is 5.34. The summed E-state index contributed by atoms with van der Waals surface area (Å²) in [5.41, 5.74) is 1.43. The summed E-state index contributed by atoms with van der Waals surface area (Å²) in [7, 11) is 1.00. The van der Waals surface area contributed by atoms with Crippen molar-refractivity contribution in [3.63, 3.8) is 0 Å². The van der Waals surface area contributed by atoms with E-state index in [1.807, 2.05) is 0 Å². The lowest BCUT2D eigenvalue weighted by atomic mass is 9.85. The molecule has 1 aliphatic heterocycles. The molecule has 1 fully saturated rings. The number of hydrogen-bond acceptors (Lipinski definition) is 5. The second-order valence-electron chi connectivity index (χ2n) is 7.54. The van der Waals surface area contributed by atoms with Crippen LogP contribution in [0.15, 0.2) is 30.5 Å². The van der Waals surface area contributed by atoms with Crippen molar-refractivity contribution in [1.29, 1.82) is 0 Å². The molecule has 3 unspecified atom stereocenters. The molecule has 2 aromatic rings. The number of amides is 2. The number of ether oxygens (including phenoxy) is 2. The van der Waals surface area contributed by atoms with Crippen LogP contribution in [0.4, 0.5) is 27.6 Å². The minimum absolute atomic E-state index is 0.124. The minimum Gasteiger partial charge on any atom is -0.618 e. The van der Waals surface area contributed by atoms with Gasteiger partial charge in [0.05, 0.1) is 12.8 Å². The van der Waals surface area contributed by atoms with E-state index in [-0.39, 0.29) is 16.0 Å². The fourth-order valence-corrected chi connectivity index (χ4v) is 3.63. The van der Waals surface area contributed by atoms with Crippen LogP contribution in [-0.4, -0.2) is 36.8 Å². The van der Waals surface area contributed by atoms with Crippen molar-refractivity contribution in [2.24, 2.45) is 5.73 Å². The number of pyridine rings is 1. The summed E-state index contributed by atoms with van der Waals surface area (Å²) in [6.07, 6.45) is -6.64. The minimum atomic E-state index is -4.90. The van der Waals surface area contributed by atoms with Crippen LogP contribution in [0.2, 0.25) is 0 Å². The van der Waals surface area contributed by atoms with Gasteiger partial charge in [-0.1, -0.05) is 6.07 Å². The van der Waals surface area contributed by atoms with E-state index in [9.17, 15) is 36.7 Å². The maximum atomic E-state index is 14.2. The second kappa shape index (κ2) is 8.46. The molecule has 0 aliphatic carbocycles. The Morgan fingerprint density at radius 1 is 1.30 bits per heavy atom. The van der Waals surface area contributed by atoms with Crippen LogP contribution in [0.3, 0.4) is 0 Å². The number of primary amides is 1. The van der Waals surface area contributed by atoms with Gasteiger partial charge in [-0.05, 0) is 19.4 Å². The first kappa shape index (κ1) is 24.2. The molecule has 2 heterocycles. The van der Waals surface area contributed by atoms with Crippen LogP contribution < -0.4 is 20.5 Å². The highest BCUT2D eigenvalue weighted by Gasteiger charge is 2.61. The molecule has 1 aromatic heterocycles. The van der Waals surface area contributed by atoms with Gasteiger partial charge in [0.15, 0.2) is 23.4 Å². The van der Waals surface area contributed by atoms with E-state index in [0.29, 0.717) is 6.07 Å². The predicted molar refractivity (Wildman–Crippen MR) is 102 cm³/mol. The van der Waals surface area contributed by atoms with Crippen LogP contribution in [-0.2, 0) is 9.53 Å². The molecule has 33 heavy (non-hydrogen) atoms. The number of hydrogen-bond donors (Lipinski definition) is 2. The molecule has 1 saturated heterocycles. The summed E-state index contributed by atoms with van der Waals surface area (Å²) < 4.78 is 79.1. The summed E-state index contributed by atoms with van der Waals surface area (Å²) in [6.45, 7) is 0.730. The zero-order valence-electron chi connectivity index (χ0n) is 17.2. The second-order valence-corrected chi connectivity index (χ2v) is 7.54. The molecular weight excluding hydrogens is 457 g/mol. The fraction of sp³-hybridized carbons (Fsp3) is 0.350. The molecule has 2 amide bonds. The third kappa shape index (κ3) is 4.40. The number of halogens is 5. The molecule has 1 aliphatic rings. The van der Waals surface area contributed by atoms with Gasteiger partial charge in [0.25, 0.3) is 11.6 Å². The van der Waals surface area contributed by atoms with Crippen molar-refractivity contribution >= 4 is 17.5 Å². The van der Waals surface area contributed by atoms with E-state index in [1.165, 1.54) is 0 Å². The topological polar surface area (TPSA) is 118 Å². The van der Waals surface area contributed by atoms with Crippen molar-refractivity contribution in [2.75, 3.05) is 12.4 Å². The van der Waals surface area contributed by atoms with Crippen molar-refractivity contribution < 1.29 is 45.7 Å². The van der Waals surface area contributed by atoms with Gasteiger partial charge < -0.3 is 25.7 Å². The molecule has 0 radical (unpaired) electrons. The molecule has 3 atom stereocenters. The third-order valence-electron chi connectivity index (χ3n) is 5.34. The van der Waals surface area contributed by atoms with Crippen molar-refractivity contribution in [1.82, 2.24) is 0 Å². The van der Waals surface area contributed by atoms with E-state index in [2.05, 4.69) is 5.32 Å². The Morgan fingerprint density at radius 3 is 2.55 bits per heavy atom. The maximum absolute atomic E-state index is 14.2. The molecule has 178 valence electrons. The summed E-state index contributed by atoms with van der Waals surface area (Å²) in [6, 6.07) is 3.73. The molecule has 0 bridgehead atoms. The molecule has 0 saturated carbocycles. The molecule has 8 nitrogen and oxygen atoms in total. The van der Waals surface area contributed by atoms with Crippen molar-refractivity contribution in [2.45, 2.75) is 37.1 Å². The lowest BCUT2D eigenvalue weighted by Crippen LogP contribution is -2.43. The average molecular weight is 475 g/mol. The number of aromatic nitrogens is 1. The van der Waals surface area contributed by atoms with Crippen LogP contribution in [0.5, 0.6) is 5.75 Å². The van der Waals surface area contributed by atoms with Gasteiger partial charge in [-0.15, -0.1) is 0 Å². The molecule has 13 heteroatoms. The SMILES string of the molecule is COc1c(C2CC(C)(C(F)(F)F)OC2C(=O)Nc2cc[n+]([O-])c(C(N)=O)c2)ccc(F)c1F. The van der Waals surface area contributed by atoms with Crippen LogP contribution in [0, 0.1) is 16.8 Å². The number of carbonyl (C=O) groups is 2. The van der Waals surface area contributed by atoms with E-state index in [0.717, 1.165) is 38.4 Å². The van der Waals surface area contributed by atoms with E-state index in [4.69, 9.17) is 15.2 Å². The van der Waals surface area contributed by atoms with E-state index < -0.39 is 65.1 Å². The average Bonchev–Trinajstić information content (AvgIpc) is 3.10. The zero-order valence-corrected chi connectivity index (χ0v) is 17.2. The van der Waals surface area contributed by atoms with Gasteiger partial charge in [-0.25, -0.2) is 4.39 Å². The largest absolute Gasteiger partial charge is 0.618 e. The summed E-state index contributed by atoms with van der Waals surface area (Å²) in [4.78, 5) is 24.3. The predicted octanol–water partition coefficient (Wildman–Crippen LogP) is 2.54. The summed E-state index contributed by atoms with van der Waals surface area (Å²) >= 11 is 0. The summed E-state index contributed by atoms with van der Waals surface area (Å²) in [5, 5.41) is 13.8. The number of nitrogens with zero attached hydrogens (tertiary/aromatic N) is 1. The lowest BCUT2D eigenvalue weighted by molar-refractivity contribution is -0.607. The Labute approximate surface area is 183 Å². The Kier molecular flexibility index (Phi) is 6.20. The normalized spacial score (nSPS) is 22.8. The highest BCUT2D eigenvalue weighted by molar-refractivity contribution is 5.97. The van der Waals surface area contributed by atoms with Crippen molar-refractivity contribution in [3.8, 4) is 5.75 Å². The number of benzene rings is 1. The standard InChI is InChI=1S/C20H18F5N3O5/c1-19(20(23,24)25)8-11(10-3-4-12(21)14(22)15(10)32-2)16(33-19)18(30)27-9-5-6-28(31)13(7-9)17(26)29/h3-7,11,16H,8H2,1-2H3,(H2,26,29)(H,27,30). The van der Waals surface area contributed by atoms with Gasteiger partial charge in [0.1, 0.15) is 6.10 Å². The van der Waals surface area contributed by atoms with Gasteiger partial charge in [-0.3, -0.25) is 9.59 Å². The number of anilines is 1. The Hall–Kier alpha value is -3.48. The lowest BCUT2D eigenvalue weighted by Gasteiger charge is -2.27. The Bertz CT molecular complexity index is 1110. The first-order chi connectivity index (χ1) is 15.3. The number of alkyl halides is 3. The highest BCUT2D eigenvalue weighted by atomic mass is 19.4. The first-order valence-corrected chi connectivity index (χ1v) is 9.39. The Balaban J connectivity index is 2.02. The Morgan fingerprint density at radius 2 is 1.97 bits per heavy atom. The first-order valence-electron chi connectivity index (χ1n) is 9.39. The van der Waals surface area contributed by atoms with E-state index >= 15 is 0 Å². The van der Waals surface area contributed by atoms with Crippen LogP contribution >= 0.6 is 0 Å². The molecule has 0 spiro atoms. The number of carbonyl (C=O) groups excluding carboxylic acids is 2. The molecule has 3 N–H and O–H groups in total. The number of methoxy groups -OCH3 is 1. The monoisotopic (exact) mass is 475 g/mol. The maximum Gasteiger partial charge on any atom is 0.417 e. The van der Waals surface area contributed by atoms with Gasteiger partial charge >= 0.3 is 12.1 Å². The molecule has 3 rings (SSSR count). The zero-order chi connectivity index (χ0) is 24.7. The quantitative estimate of drug-likeness (QED) is 0.392. The van der Waals surface area contributed by atoms with Crippen molar-refractivity contribution in [3.05, 3.63) is 58.6 Å².